The molecule has 1 aliphatic heterocycles. The van der Waals surface area contributed by atoms with E-state index in [-0.39, 0.29) is 0 Å². The Hall–Kier alpha value is 0.310. The second-order valence-electron chi connectivity index (χ2n) is 5.29. The van der Waals surface area contributed by atoms with Gasteiger partial charge in [-0.15, -0.1) is 0 Å². The van der Waals surface area contributed by atoms with Gasteiger partial charge in [0.15, 0.2) is 0 Å². The Kier molecular flexibility index (Phi) is 6.06. The summed E-state index contributed by atoms with van der Waals surface area (Å²) in [5.41, 5.74) is 0. The number of thiol groups is 1. The molecule has 0 aromatic carbocycles. The second kappa shape index (κ2) is 6.80. The smallest absolute Gasteiger partial charge is 0.0119 e. The largest absolute Gasteiger partial charge is 0.300 e. The maximum absolute atomic E-state index is 4.48. The Morgan fingerprint density at radius 1 is 1.40 bits per heavy atom. The first-order valence-electron chi connectivity index (χ1n) is 6.54. The fraction of sp³-hybridized carbons (Fsp3) is 1.00. The van der Waals surface area contributed by atoms with Gasteiger partial charge in [0, 0.05) is 12.6 Å². The molecule has 1 saturated heterocycles. The van der Waals surface area contributed by atoms with Gasteiger partial charge in [-0.25, -0.2) is 0 Å². The van der Waals surface area contributed by atoms with E-state index >= 15 is 0 Å². The molecule has 1 rings (SSSR count). The minimum absolute atomic E-state index is 0.803. The molecule has 15 heavy (non-hydrogen) atoms. The van der Waals surface area contributed by atoms with E-state index in [2.05, 4.69) is 38.3 Å². The lowest BCUT2D eigenvalue weighted by Crippen LogP contribution is -2.37. The van der Waals surface area contributed by atoms with Crippen LogP contribution in [0.25, 0.3) is 0 Å². The molecule has 0 N–H and O–H groups in total. The third-order valence-corrected chi connectivity index (χ3v) is 4.15. The van der Waals surface area contributed by atoms with Crippen LogP contribution in [0, 0.1) is 11.8 Å². The Bertz CT molecular complexity index is 170. The molecule has 0 aliphatic carbocycles. The first-order valence-corrected chi connectivity index (χ1v) is 7.17. The van der Waals surface area contributed by atoms with Gasteiger partial charge in [0.25, 0.3) is 0 Å². The van der Waals surface area contributed by atoms with Crippen molar-refractivity contribution in [2.24, 2.45) is 11.8 Å². The number of rotatable bonds is 6. The summed E-state index contributed by atoms with van der Waals surface area (Å²) in [5, 5.41) is 0. The number of hydrogen-bond acceptors (Lipinski definition) is 2. The quantitative estimate of drug-likeness (QED) is 0.683. The highest BCUT2D eigenvalue weighted by Gasteiger charge is 2.28. The summed E-state index contributed by atoms with van der Waals surface area (Å²) in [4.78, 5) is 2.71. The van der Waals surface area contributed by atoms with Crippen LogP contribution in [-0.4, -0.2) is 29.8 Å². The SMILES string of the molecule is CCCC(CS)CN1CCCC1C(C)C. The average Bonchev–Trinajstić information content (AvgIpc) is 2.65. The molecule has 1 aliphatic rings. The molecule has 2 atom stereocenters. The average molecular weight is 229 g/mol. The van der Waals surface area contributed by atoms with E-state index in [4.69, 9.17) is 0 Å². The van der Waals surface area contributed by atoms with Gasteiger partial charge in [-0.2, -0.15) is 12.6 Å². The summed E-state index contributed by atoms with van der Waals surface area (Å²) in [6.45, 7) is 9.59. The van der Waals surface area contributed by atoms with Crippen molar-refractivity contribution in [1.82, 2.24) is 4.90 Å². The molecule has 90 valence electrons. The lowest BCUT2D eigenvalue weighted by molar-refractivity contribution is 0.179. The van der Waals surface area contributed by atoms with Crippen LogP contribution in [0.1, 0.15) is 46.5 Å². The van der Waals surface area contributed by atoms with Crippen LogP contribution >= 0.6 is 12.6 Å². The Morgan fingerprint density at radius 3 is 2.67 bits per heavy atom. The van der Waals surface area contributed by atoms with Gasteiger partial charge in [0.2, 0.25) is 0 Å². The fourth-order valence-corrected chi connectivity index (χ4v) is 3.11. The van der Waals surface area contributed by atoms with Crippen LogP contribution in [0.4, 0.5) is 0 Å². The molecule has 1 fully saturated rings. The summed E-state index contributed by atoms with van der Waals surface area (Å²) >= 11 is 4.48. The number of likely N-dealkylation sites (tertiary alicyclic amines) is 1. The highest BCUT2D eigenvalue weighted by Crippen LogP contribution is 2.25. The van der Waals surface area contributed by atoms with Gasteiger partial charge >= 0.3 is 0 Å². The van der Waals surface area contributed by atoms with Gasteiger partial charge in [-0.1, -0.05) is 27.2 Å². The zero-order valence-electron chi connectivity index (χ0n) is 10.6. The molecule has 1 heterocycles. The van der Waals surface area contributed by atoms with Crippen LogP contribution < -0.4 is 0 Å². The Labute approximate surface area is 101 Å². The molecular formula is C13H27NS. The summed E-state index contributed by atoms with van der Waals surface area (Å²) in [6, 6.07) is 0.837. The van der Waals surface area contributed by atoms with Gasteiger partial charge in [-0.3, -0.25) is 4.90 Å². The Morgan fingerprint density at radius 2 is 2.13 bits per heavy atom. The van der Waals surface area contributed by atoms with Crippen molar-refractivity contribution in [3.05, 3.63) is 0 Å². The summed E-state index contributed by atoms with van der Waals surface area (Å²) in [5.74, 6) is 2.67. The molecule has 0 bridgehead atoms. The highest BCUT2D eigenvalue weighted by atomic mass is 32.1. The minimum atomic E-state index is 0.803. The van der Waals surface area contributed by atoms with E-state index in [0.29, 0.717) is 0 Å². The molecule has 0 radical (unpaired) electrons. The zero-order chi connectivity index (χ0) is 11.3. The lowest BCUT2D eigenvalue weighted by Gasteiger charge is -2.30. The van der Waals surface area contributed by atoms with Crippen molar-refractivity contribution >= 4 is 12.6 Å². The third-order valence-electron chi connectivity index (χ3n) is 3.63. The van der Waals surface area contributed by atoms with E-state index in [1.165, 1.54) is 38.8 Å². The molecule has 0 aromatic rings. The van der Waals surface area contributed by atoms with Crippen molar-refractivity contribution in [2.75, 3.05) is 18.8 Å². The van der Waals surface area contributed by atoms with Crippen LogP contribution in [0.15, 0.2) is 0 Å². The lowest BCUT2D eigenvalue weighted by atomic mass is 10.00. The number of nitrogens with zero attached hydrogens (tertiary/aromatic N) is 1. The van der Waals surface area contributed by atoms with E-state index < -0.39 is 0 Å². The monoisotopic (exact) mass is 229 g/mol. The Balaban J connectivity index is 2.41. The molecule has 0 saturated carbocycles. The van der Waals surface area contributed by atoms with Crippen molar-refractivity contribution in [1.29, 1.82) is 0 Å². The summed E-state index contributed by atoms with van der Waals surface area (Å²) in [6.07, 6.45) is 5.44. The van der Waals surface area contributed by atoms with E-state index in [1.807, 2.05) is 0 Å². The molecular weight excluding hydrogens is 202 g/mol. The number of hydrogen-bond donors (Lipinski definition) is 1. The molecule has 2 unspecified atom stereocenters. The first kappa shape index (κ1) is 13.4. The van der Waals surface area contributed by atoms with Crippen molar-refractivity contribution < 1.29 is 0 Å². The normalized spacial score (nSPS) is 25.0. The van der Waals surface area contributed by atoms with Gasteiger partial charge in [0.1, 0.15) is 0 Å². The topological polar surface area (TPSA) is 3.24 Å². The van der Waals surface area contributed by atoms with Gasteiger partial charge < -0.3 is 0 Å². The van der Waals surface area contributed by atoms with Gasteiger partial charge in [-0.05, 0) is 43.4 Å². The molecule has 0 aromatic heterocycles. The summed E-state index contributed by atoms with van der Waals surface area (Å²) < 4.78 is 0. The summed E-state index contributed by atoms with van der Waals surface area (Å²) in [7, 11) is 0. The van der Waals surface area contributed by atoms with Crippen LogP contribution in [0.5, 0.6) is 0 Å². The molecule has 1 nitrogen and oxygen atoms in total. The van der Waals surface area contributed by atoms with E-state index in [9.17, 15) is 0 Å². The van der Waals surface area contributed by atoms with Gasteiger partial charge in [0.05, 0.1) is 0 Å². The maximum atomic E-state index is 4.48. The van der Waals surface area contributed by atoms with Crippen LogP contribution in [0.2, 0.25) is 0 Å². The standard InChI is InChI=1S/C13H27NS/c1-4-6-12(10-15)9-14-8-5-7-13(14)11(2)3/h11-13,15H,4-10H2,1-3H3. The third kappa shape index (κ3) is 3.99. The van der Waals surface area contributed by atoms with Crippen molar-refractivity contribution in [2.45, 2.75) is 52.5 Å². The van der Waals surface area contributed by atoms with Crippen molar-refractivity contribution in [3.8, 4) is 0 Å². The van der Waals surface area contributed by atoms with Crippen LogP contribution in [0.3, 0.4) is 0 Å². The van der Waals surface area contributed by atoms with E-state index in [0.717, 1.165) is 23.6 Å². The first-order chi connectivity index (χ1) is 7.19. The minimum Gasteiger partial charge on any atom is -0.300 e. The predicted molar refractivity (Wildman–Crippen MR) is 71.7 cm³/mol. The maximum Gasteiger partial charge on any atom is 0.0119 e. The van der Waals surface area contributed by atoms with E-state index in [1.54, 1.807) is 0 Å². The highest BCUT2D eigenvalue weighted by molar-refractivity contribution is 7.80. The molecule has 0 spiro atoms. The van der Waals surface area contributed by atoms with Crippen LogP contribution in [-0.2, 0) is 0 Å². The molecule has 0 amide bonds. The van der Waals surface area contributed by atoms with Crippen molar-refractivity contribution in [3.63, 3.8) is 0 Å². The fourth-order valence-electron chi connectivity index (χ4n) is 2.81. The molecule has 2 heteroatoms. The predicted octanol–water partition coefficient (Wildman–Crippen LogP) is 3.45. The second-order valence-corrected chi connectivity index (χ2v) is 5.65. The zero-order valence-corrected chi connectivity index (χ0v) is 11.5.